The van der Waals surface area contributed by atoms with Crippen LogP contribution in [0.15, 0.2) is 48.5 Å². The van der Waals surface area contributed by atoms with Crippen LogP contribution < -0.4 is 5.32 Å². The second-order valence-electron chi connectivity index (χ2n) is 6.28. The van der Waals surface area contributed by atoms with Crippen molar-refractivity contribution in [1.29, 1.82) is 0 Å². The molecule has 0 unspecified atom stereocenters. The van der Waals surface area contributed by atoms with Crippen LogP contribution in [0.4, 0.5) is 5.69 Å². The van der Waals surface area contributed by atoms with Crippen molar-refractivity contribution >= 4 is 17.6 Å². The molecule has 25 heavy (non-hydrogen) atoms. The number of nitrogens with zero attached hydrogens (tertiary/aromatic N) is 1. The van der Waals surface area contributed by atoms with Gasteiger partial charge in [0.15, 0.2) is 0 Å². The molecule has 0 aliphatic carbocycles. The Morgan fingerprint density at radius 2 is 1.80 bits per heavy atom. The summed E-state index contributed by atoms with van der Waals surface area (Å²) in [6, 6.07) is 15.2. The molecule has 1 heterocycles. The first-order valence-electron chi connectivity index (χ1n) is 8.32. The topological polar surface area (TPSA) is 58.6 Å². The molecule has 0 aromatic heterocycles. The van der Waals surface area contributed by atoms with Crippen LogP contribution in [0.3, 0.4) is 0 Å². The van der Waals surface area contributed by atoms with E-state index in [9.17, 15) is 9.59 Å². The predicted octanol–water partition coefficient (Wildman–Crippen LogP) is 2.53. The molecule has 5 heteroatoms. The molecule has 0 fully saturated rings. The predicted molar refractivity (Wildman–Crippen MR) is 96.2 cm³/mol. The molecule has 1 atom stereocenters. The molecule has 0 saturated carbocycles. The number of carbonyl (C=O) groups excluding carboxylic acids is 2. The summed E-state index contributed by atoms with van der Waals surface area (Å²) < 4.78 is 4.94. The van der Waals surface area contributed by atoms with Gasteiger partial charge in [0, 0.05) is 12.2 Å². The van der Waals surface area contributed by atoms with Gasteiger partial charge in [-0.3, -0.25) is 14.5 Å². The van der Waals surface area contributed by atoms with Gasteiger partial charge in [-0.1, -0.05) is 42.5 Å². The number of nitrogens with one attached hydrogen (secondary N) is 1. The number of anilines is 1. The van der Waals surface area contributed by atoms with Gasteiger partial charge in [-0.2, -0.15) is 0 Å². The number of benzene rings is 2. The summed E-state index contributed by atoms with van der Waals surface area (Å²) in [5, 5.41) is 2.93. The summed E-state index contributed by atoms with van der Waals surface area (Å²) in [6.07, 6.45) is 0.556. The molecule has 2 aromatic rings. The van der Waals surface area contributed by atoms with Crippen molar-refractivity contribution < 1.29 is 14.3 Å². The minimum atomic E-state index is -0.442. The van der Waals surface area contributed by atoms with Crippen molar-refractivity contribution in [2.24, 2.45) is 0 Å². The molecule has 3 rings (SSSR count). The minimum Gasteiger partial charge on any atom is -0.468 e. The van der Waals surface area contributed by atoms with Crippen LogP contribution in [-0.4, -0.2) is 36.5 Å². The van der Waals surface area contributed by atoms with Gasteiger partial charge in [0.25, 0.3) is 0 Å². The fraction of sp³-hybridized carbons (Fsp3) is 0.300. The summed E-state index contributed by atoms with van der Waals surface area (Å²) in [4.78, 5) is 26.6. The number of rotatable bonds is 4. The molecule has 2 aromatic carbocycles. The summed E-state index contributed by atoms with van der Waals surface area (Å²) in [5.41, 5.74) is 4.07. The molecular weight excluding hydrogens is 316 g/mol. The van der Waals surface area contributed by atoms with E-state index < -0.39 is 6.04 Å². The van der Waals surface area contributed by atoms with Gasteiger partial charge in [-0.25, -0.2) is 0 Å². The van der Waals surface area contributed by atoms with Gasteiger partial charge in [0.1, 0.15) is 6.04 Å². The molecule has 130 valence electrons. The number of esters is 1. The number of amides is 1. The normalized spacial score (nSPS) is 16.8. The van der Waals surface area contributed by atoms with Crippen molar-refractivity contribution in [3.05, 3.63) is 65.2 Å². The van der Waals surface area contributed by atoms with E-state index >= 15 is 0 Å². The van der Waals surface area contributed by atoms with Gasteiger partial charge in [0.05, 0.1) is 13.7 Å². The van der Waals surface area contributed by atoms with E-state index in [1.165, 1.54) is 7.11 Å². The molecular formula is C20H22N2O3. The highest BCUT2D eigenvalue weighted by Gasteiger charge is 2.33. The maximum atomic E-state index is 12.5. The molecule has 1 amide bonds. The van der Waals surface area contributed by atoms with Crippen LogP contribution in [-0.2, 0) is 27.3 Å². The highest BCUT2D eigenvalue weighted by Crippen LogP contribution is 2.24. The standard InChI is InChI=1S/C20H22N2O3/c1-14-7-3-6-10-17(14)21-19(23)13-22-12-16-9-5-4-8-15(16)11-18(22)20(24)25-2/h3-10,18H,11-13H2,1-2H3,(H,21,23)/t18-/m0/s1. The lowest BCUT2D eigenvalue weighted by molar-refractivity contribution is -0.148. The maximum Gasteiger partial charge on any atom is 0.323 e. The van der Waals surface area contributed by atoms with E-state index in [-0.39, 0.29) is 18.4 Å². The Morgan fingerprint density at radius 3 is 2.52 bits per heavy atom. The molecule has 0 bridgehead atoms. The van der Waals surface area contributed by atoms with E-state index in [2.05, 4.69) is 5.32 Å². The second kappa shape index (κ2) is 7.49. The first kappa shape index (κ1) is 17.2. The minimum absolute atomic E-state index is 0.136. The van der Waals surface area contributed by atoms with E-state index in [0.717, 1.165) is 22.4 Å². The molecule has 1 aliphatic heterocycles. The van der Waals surface area contributed by atoms with Gasteiger partial charge >= 0.3 is 5.97 Å². The smallest absolute Gasteiger partial charge is 0.323 e. The third kappa shape index (κ3) is 3.88. The molecule has 0 spiro atoms. The second-order valence-corrected chi connectivity index (χ2v) is 6.28. The Balaban J connectivity index is 1.75. The lowest BCUT2D eigenvalue weighted by atomic mass is 9.94. The summed E-state index contributed by atoms with van der Waals surface area (Å²) >= 11 is 0. The summed E-state index contributed by atoms with van der Waals surface area (Å²) in [7, 11) is 1.38. The fourth-order valence-corrected chi connectivity index (χ4v) is 3.20. The lowest BCUT2D eigenvalue weighted by Gasteiger charge is -2.34. The lowest BCUT2D eigenvalue weighted by Crippen LogP contribution is -2.49. The van der Waals surface area contributed by atoms with Gasteiger partial charge < -0.3 is 10.1 Å². The largest absolute Gasteiger partial charge is 0.468 e. The average Bonchev–Trinajstić information content (AvgIpc) is 2.62. The number of carbonyl (C=O) groups is 2. The van der Waals surface area contributed by atoms with E-state index in [4.69, 9.17) is 4.74 Å². The third-order valence-electron chi connectivity index (χ3n) is 4.58. The Labute approximate surface area is 147 Å². The Kier molecular flexibility index (Phi) is 5.14. The highest BCUT2D eigenvalue weighted by molar-refractivity contribution is 5.93. The average molecular weight is 338 g/mol. The fourth-order valence-electron chi connectivity index (χ4n) is 3.20. The monoisotopic (exact) mass is 338 g/mol. The van der Waals surface area contributed by atoms with Crippen LogP contribution in [0.1, 0.15) is 16.7 Å². The Morgan fingerprint density at radius 1 is 1.12 bits per heavy atom. The van der Waals surface area contributed by atoms with Crippen LogP contribution in [0.2, 0.25) is 0 Å². The van der Waals surface area contributed by atoms with E-state index in [1.54, 1.807) is 0 Å². The number of fused-ring (bicyclic) bond motifs is 1. The Bertz CT molecular complexity index is 788. The van der Waals surface area contributed by atoms with Gasteiger partial charge in [-0.05, 0) is 36.1 Å². The summed E-state index contributed by atoms with van der Waals surface area (Å²) in [6.45, 7) is 2.64. The van der Waals surface area contributed by atoms with E-state index in [0.29, 0.717) is 13.0 Å². The van der Waals surface area contributed by atoms with Gasteiger partial charge in [0.2, 0.25) is 5.91 Å². The van der Waals surface area contributed by atoms with Crippen LogP contribution in [0, 0.1) is 6.92 Å². The number of para-hydroxylation sites is 1. The third-order valence-corrected chi connectivity index (χ3v) is 4.58. The molecule has 0 saturated heterocycles. The number of aryl methyl sites for hydroxylation is 1. The maximum absolute atomic E-state index is 12.5. The number of hydrogen-bond acceptors (Lipinski definition) is 4. The van der Waals surface area contributed by atoms with Crippen LogP contribution in [0.5, 0.6) is 0 Å². The van der Waals surface area contributed by atoms with Crippen molar-refractivity contribution in [1.82, 2.24) is 4.90 Å². The molecule has 1 N–H and O–H groups in total. The van der Waals surface area contributed by atoms with Crippen molar-refractivity contribution in [2.45, 2.75) is 25.9 Å². The van der Waals surface area contributed by atoms with Crippen molar-refractivity contribution in [3.8, 4) is 0 Å². The molecule has 5 nitrogen and oxygen atoms in total. The van der Waals surface area contributed by atoms with Crippen molar-refractivity contribution in [3.63, 3.8) is 0 Å². The van der Waals surface area contributed by atoms with Gasteiger partial charge in [-0.15, -0.1) is 0 Å². The number of methoxy groups -OCH3 is 1. The first-order valence-corrected chi connectivity index (χ1v) is 8.32. The highest BCUT2D eigenvalue weighted by atomic mass is 16.5. The van der Waals surface area contributed by atoms with Crippen LogP contribution >= 0.6 is 0 Å². The number of hydrogen-bond donors (Lipinski definition) is 1. The quantitative estimate of drug-likeness (QED) is 0.871. The van der Waals surface area contributed by atoms with Crippen LogP contribution in [0.25, 0.3) is 0 Å². The van der Waals surface area contributed by atoms with Crippen molar-refractivity contribution in [2.75, 3.05) is 19.0 Å². The molecule has 1 aliphatic rings. The summed E-state index contributed by atoms with van der Waals surface area (Å²) in [5.74, 6) is -0.444. The zero-order chi connectivity index (χ0) is 17.8. The zero-order valence-corrected chi connectivity index (χ0v) is 14.5. The zero-order valence-electron chi connectivity index (χ0n) is 14.5. The SMILES string of the molecule is COC(=O)[C@@H]1Cc2ccccc2CN1CC(=O)Nc1ccccc1C. The van der Waals surface area contributed by atoms with E-state index in [1.807, 2.05) is 60.4 Å². The first-order chi connectivity index (χ1) is 12.1. The Hall–Kier alpha value is -2.66. The number of ether oxygens (including phenoxy) is 1. The molecule has 0 radical (unpaired) electrons.